The topological polar surface area (TPSA) is 115 Å². The van der Waals surface area contributed by atoms with Crippen molar-refractivity contribution in [1.29, 1.82) is 0 Å². The van der Waals surface area contributed by atoms with Crippen molar-refractivity contribution in [2.24, 2.45) is 10.9 Å². The molecule has 0 saturated carbocycles. The van der Waals surface area contributed by atoms with Crippen LogP contribution in [-0.4, -0.2) is 20.4 Å². The molecule has 0 aliphatic heterocycles. The van der Waals surface area contributed by atoms with Crippen molar-refractivity contribution in [3.05, 3.63) is 23.8 Å². The van der Waals surface area contributed by atoms with Gasteiger partial charge in [-0.05, 0) is 31.5 Å². The first-order valence-electron chi connectivity index (χ1n) is 4.91. The minimum Gasteiger partial charge on any atom is -0.324 e. The molecule has 7 heteroatoms. The van der Waals surface area contributed by atoms with Crippen LogP contribution in [0.4, 0.5) is 5.69 Å². The molecule has 5 N–H and O–H groups in total. The van der Waals surface area contributed by atoms with Gasteiger partial charge in [-0.1, -0.05) is 6.07 Å². The number of benzene rings is 1. The smallest absolute Gasteiger partial charge is 0.241 e. The van der Waals surface area contributed by atoms with Crippen LogP contribution in [0.3, 0.4) is 0 Å². The van der Waals surface area contributed by atoms with E-state index in [2.05, 4.69) is 5.32 Å². The zero-order chi connectivity index (χ0) is 13.2. The molecule has 0 spiro atoms. The number of aryl methyl sites for hydroxylation is 1. The second-order valence-electron chi connectivity index (χ2n) is 3.80. The zero-order valence-corrected chi connectivity index (χ0v) is 10.4. The van der Waals surface area contributed by atoms with Gasteiger partial charge in [0.1, 0.15) is 0 Å². The number of carbonyl (C=O) groups is 1. The highest BCUT2D eigenvalue weighted by Crippen LogP contribution is 2.19. The lowest BCUT2D eigenvalue weighted by molar-refractivity contribution is -0.117. The number of amides is 1. The molecule has 17 heavy (non-hydrogen) atoms. The fourth-order valence-electron chi connectivity index (χ4n) is 1.16. The normalized spacial score (nSPS) is 13.2. The van der Waals surface area contributed by atoms with Crippen LogP contribution in [0.2, 0.25) is 0 Å². The van der Waals surface area contributed by atoms with Crippen LogP contribution in [0.25, 0.3) is 0 Å². The Morgan fingerprint density at radius 3 is 2.47 bits per heavy atom. The van der Waals surface area contributed by atoms with Gasteiger partial charge in [0.05, 0.1) is 10.9 Å². The number of anilines is 1. The molecule has 94 valence electrons. The quantitative estimate of drug-likeness (QED) is 0.702. The molecule has 1 rings (SSSR count). The Morgan fingerprint density at radius 2 is 2.00 bits per heavy atom. The van der Waals surface area contributed by atoms with Gasteiger partial charge in [-0.3, -0.25) is 4.79 Å². The maximum Gasteiger partial charge on any atom is 0.241 e. The Balaban J connectivity index is 3.12. The fraction of sp³-hybridized carbons (Fsp3) is 0.300. The highest BCUT2D eigenvalue weighted by atomic mass is 32.2. The number of hydrogen-bond donors (Lipinski definition) is 3. The van der Waals surface area contributed by atoms with Crippen molar-refractivity contribution in [1.82, 2.24) is 0 Å². The summed E-state index contributed by atoms with van der Waals surface area (Å²) in [7, 11) is -3.78. The van der Waals surface area contributed by atoms with E-state index in [1.54, 1.807) is 13.0 Å². The molecule has 0 bridgehead atoms. The van der Waals surface area contributed by atoms with E-state index in [0.29, 0.717) is 5.69 Å². The van der Waals surface area contributed by atoms with Crippen LogP contribution in [0.5, 0.6) is 0 Å². The summed E-state index contributed by atoms with van der Waals surface area (Å²) < 4.78 is 22.3. The highest BCUT2D eigenvalue weighted by molar-refractivity contribution is 7.89. The first-order chi connectivity index (χ1) is 7.71. The third-order valence-electron chi connectivity index (χ3n) is 2.21. The number of primary sulfonamides is 1. The summed E-state index contributed by atoms with van der Waals surface area (Å²) in [4.78, 5) is 11.4. The molecule has 0 aromatic heterocycles. The van der Waals surface area contributed by atoms with Gasteiger partial charge in [0, 0.05) is 5.69 Å². The lowest BCUT2D eigenvalue weighted by Crippen LogP contribution is -2.32. The molecule has 1 amide bonds. The second kappa shape index (κ2) is 4.82. The van der Waals surface area contributed by atoms with Gasteiger partial charge in [-0.15, -0.1) is 0 Å². The molecular weight excluding hydrogens is 242 g/mol. The predicted molar refractivity (Wildman–Crippen MR) is 64.8 cm³/mol. The average Bonchev–Trinajstić information content (AvgIpc) is 2.19. The summed E-state index contributed by atoms with van der Waals surface area (Å²) >= 11 is 0. The molecule has 6 nitrogen and oxygen atoms in total. The average molecular weight is 257 g/mol. The Kier molecular flexibility index (Phi) is 3.87. The van der Waals surface area contributed by atoms with E-state index in [9.17, 15) is 13.2 Å². The first kappa shape index (κ1) is 13.6. The summed E-state index contributed by atoms with van der Waals surface area (Å²) in [5.74, 6) is -0.389. The zero-order valence-electron chi connectivity index (χ0n) is 9.60. The monoisotopic (exact) mass is 257 g/mol. The molecule has 1 aromatic rings. The van der Waals surface area contributed by atoms with E-state index in [-0.39, 0.29) is 10.8 Å². The summed E-state index contributed by atoms with van der Waals surface area (Å²) in [5, 5.41) is 7.54. The molecule has 0 radical (unpaired) electrons. The van der Waals surface area contributed by atoms with E-state index in [0.717, 1.165) is 5.56 Å². The highest BCUT2D eigenvalue weighted by Gasteiger charge is 2.13. The van der Waals surface area contributed by atoms with Crippen LogP contribution in [0.15, 0.2) is 23.1 Å². The Bertz CT molecular complexity index is 538. The standard InChI is InChI=1S/C10H15N3O3S/c1-6-3-4-8(17(12,15)16)5-9(6)13-10(14)7(2)11/h3-5,7H,11H2,1-2H3,(H,13,14)(H2,12,15,16)/t7-/m1/s1. The predicted octanol–water partition coefficient (Wildman–Crippen LogP) is -0.0719. The van der Waals surface area contributed by atoms with E-state index in [1.165, 1.54) is 19.1 Å². The van der Waals surface area contributed by atoms with Gasteiger partial charge in [-0.2, -0.15) is 0 Å². The fourth-order valence-corrected chi connectivity index (χ4v) is 1.70. The van der Waals surface area contributed by atoms with Crippen LogP contribution < -0.4 is 16.2 Å². The lowest BCUT2D eigenvalue weighted by Gasteiger charge is -2.11. The van der Waals surface area contributed by atoms with Crippen molar-refractivity contribution in [2.75, 3.05) is 5.32 Å². The van der Waals surface area contributed by atoms with Crippen molar-refractivity contribution >= 4 is 21.6 Å². The van der Waals surface area contributed by atoms with Gasteiger partial charge in [0.25, 0.3) is 0 Å². The van der Waals surface area contributed by atoms with Crippen LogP contribution in [-0.2, 0) is 14.8 Å². The number of carbonyl (C=O) groups excluding carboxylic acids is 1. The lowest BCUT2D eigenvalue weighted by atomic mass is 10.2. The first-order valence-corrected chi connectivity index (χ1v) is 6.46. The van der Waals surface area contributed by atoms with Crippen molar-refractivity contribution in [3.8, 4) is 0 Å². The van der Waals surface area contributed by atoms with Crippen LogP contribution in [0.1, 0.15) is 12.5 Å². The number of nitrogens with two attached hydrogens (primary N) is 2. The van der Waals surface area contributed by atoms with Gasteiger partial charge < -0.3 is 11.1 Å². The van der Waals surface area contributed by atoms with Crippen molar-refractivity contribution < 1.29 is 13.2 Å². The number of sulfonamides is 1. The van der Waals surface area contributed by atoms with Crippen molar-refractivity contribution in [3.63, 3.8) is 0 Å². The minimum absolute atomic E-state index is 0.0527. The molecule has 0 unspecified atom stereocenters. The summed E-state index contributed by atoms with van der Waals surface area (Å²) in [6.07, 6.45) is 0. The van der Waals surface area contributed by atoms with Gasteiger partial charge in [0.15, 0.2) is 0 Å². The molecule has 1 atom stereocenters. The summed E-state index contributed by atoms with van der Waals surface area (Å²) in [5.41, 5.74) is 6.52. The van der Waals surface area contributed by atoms with Crippen LogP contribution >= 0.6 is 0 Å². The largest absolute Gasteiger partial charge is 0.324 e. The third-order valence-corrected chi connectivity index (χ3v) is 3.12. The molecule has 0 saturated heterocycles. The Morgan fingerprint density at radius 1 is 1.41 bits per heavy atom. The molecule has 0 heterocycles. The number of nitrogens with one attached hydrogen (secondary N) is 1. The van der Waals surface area contributed by atoms with Crippen LogP contribution in [0, 0.1) is 6.92 Å². The molecule has 0 fully saturated rings. The van der Waals surface area contributed by atoms with Gasteiger partial charge >= 0.3 is 0 Å². The molecular formula is C10H15N3O3S. The maximum atomic E-state index is 11.4. The van der Waals surface area contributed by atoms with E-state index >= 15 is 0 Å². The maximum absolute atomic E-state index is 11.4. The molecule has 1 aromatic carbocycles. The second-order valence-corrected chi connectivity index (χ2v) is 5.36. The summed E-state index contributed by atoms with van der Waals surface area (Å²) in [6.45, 7) is 3.28. The Labute approximate surface area is 100 Å². The van der Waals surface area contributed by atoms with Gasteiger partial charge in [-0.25, -0.2) is 13.6 Å². The summed E-state index contributed by atoms with van der Waals surface area (Å²) in [6, 6.07) is 3.58. The number of hydrogen-bond acceptors (Lipinski definition) is 4. The number of rotatable bonds is 3. The SMILES string of the molecule is Cc1ccc(S(N)(=O)=O)cc1NC(=O)[C@@H](C)N. The molecule has 0 aliphatic carbocycles. The third kappa shape index (κ3) is 3.52. The minimum atomic E-state index is -3.78. The van der Waals surface area contributed by atoms with E-state index in [4.69, 9.17) is 10.9 Å². The van der Waals surface area contributed by atoms with E-state index < -0.39 is 16.1 Å². The Hall–Kier alpha value is -1.44. The van der Waals surface area contributed by atoms with E-state index in [1.807, 2.05) is 0 Å². The van der Waals surface area contributed by atoms with Crippen molar-refractivity contribution in [2.45, 2.75) is 24.8 Å². The van der Waals surface area contributed by atoms with Gasteiger partial charge in [0.2, 0.25) is 15.9 Å². The molecule has 0 aliphatic rings.